The molecule has 0 bridgehead atoms. The Labute approximate surface area is 330 Å². The molecule has 1 aliphatic carbocycles. The van der Waals surface area contributed by atoms with E-state index in [0.717, 1.165) is 32.1 Å². The lowest BCUT2D eigenvalue weighted by molar-refractivity contribution is -0.145. The summed E-state index contributed by atoms with van der Waals surface area (Å²) in [6.45, 7) is 4.06. The number of Topliss-reactive ketones (excluding diaryl/α,β-unsaturated/α-hetero) is 1. The number of hydrogen-bond acceptors (Lipinski definition) is 13. The van der Waals surface area contributed by atoms with Crippen LogP contribution in [0.15, 0.2) is 35.4 Å². The standard InChI is InChI=1S/C37H52N8O9S2/c1-36(2,51)29-20-40-43-45(29)25-19-28(34(49)42-37(31(46)32(38)47)12-16-55-17-13-37)44(22-25)35(50)27(18-23-6-4-3-5-7-23)41-33(48)24-8-10-26(11-9-24)56(52,53)30-21-39-14-15-54-30/h8-11,20,23,25,27-28,30,39,51H,3-7,12-19,21-22H2,1-2H3,(H2,38,47)(H,41,48)(H,42,49)/t25-,27?,28-,30?/m0/s1. The fourth-order valence-electron chi connectivity index (χ4n) is 8.23. The van der Waals surface area contributed by atoms with Crippen molar-refractivity contribution in [2.45, 2.75) is 111 Å². The molecule has 4 aliphatic rings. The second-order valence-electron chi connectivity index (χ2n) is 15.7. The van der Waals surface area contributed by atoms with Crippen molar-refractivity contribution in [1.82, 2.24) is 35.8 Å². The highest BCUT2D eigenvalue weighted by Gasteiger charge is 2.49. The van der Waals surface area contributed by atoms with Gasteiger partial charge in [-0.1, -0.05) is 37.3 Å². The molecule has 4 heterocycles. The molecule has 0 spiro atoms. The van der Waals surface area contributed by atoms with Crippen molar-refractivity contribution in [3.63, 3.8) is 0 Å². The van der Waals surface area contributed by atoms with E-state index in [-0.39, 0.29) is 55.3 Å². The number of nitrogens with two attached hydrogens (primary N) is 1. The van der Waals surface area contributed by atoms with E-state index < -0.39 is 74.0 Å². The van der Waals surface area contributed by atoms with Gasteiger partial charge in [0, 0.05) is 31.6 Å². The molecule has 1 aromatic carbocycles. The van der Waals surface area contributed by atoms with Crippen LogP contribution in [0.25, 0.3) is 0 Å². The number of ketones is 1. The minimum Gasteiger partial charge on any atom is -0.384 e. The molecule has 0 radical (unpaired) electrons. The number of rotatable bonds is 13. The monoisotopic (exact) mass is 816 g/mol. The van der Waals surface area contributed by atoms with Crippen molar-refractivity contribution in [3.8, 4) is 0 Å². The van der Waals surface area contributed by atoms with Gasteiger partial charge in [-0.25, -0.2) is 13.1 Å². The fraction of sp³-hybridized carbons (Fsp3) is 0.649. The van der Waals surface area contributed by atoms with Crippen LogP contribution >= 0.6 is 11.8 Å². The smallest absolute Gasteiger partial charge is 0.287 e. The van der Waals surface area contributed by atoms with Crippen LogP contribution in [0.5, 0.6) is 0 Å². The summed E-state index contributed by atoms with van der Waals surface area (Å²) in [6.07, 6.45) is 6.89. The number of aliphatic hydroxyl groups is 1. The van der Waals surface area contributed by atoms with Crippen molar-refractivity contribution in [2.75, 3.05) is 37.7 Å². The average molecular weight is 817 g/mol. The molecule has 2 unspecified atom stereocenters. The predicted molar refractivity (Wildman–Crippen MR) is 205 cm³/mol. The van der Waals surface area contributed by atoms with E-state index in [2.05, 4.69) is 26.3 Å². The Kier molecular flexibility index (Phi) is 12.9. The molecule has 4 fully saturated rings. The summed E-state index contributed by atoms with van der Waals surface area (Å²) in [5, 5.41) is 27.9. The van der Waals surface area contributed by atoms with Gasteiger partial charge in [0.25, 0.3) is 11.8 Å². The maximum Gasteiger partial charge on any atom is 0.287 e. The van der Waals surface area contributed by atoms with Gasteiger partial charge in [0.2, 0.25) is 27.4 Å². The van der Waals surface area contributed by atoms with E-state index in [4.69, 9.17) is 10.5 Å². The Hall–Kier alpha value is -3.91. The molecular formula is C37H52N8O9S2. The summed E-state index contributed by atoms with van der Waals surface area (Å²) in [4.78, 5) is 69.9. The van der Waals surface area contributed by atoms with Gasteiger partial charge >= 0.3 is 0 Å². The van der Waals surface area contributed by atoms with Crippen LogP contribution in [0.3, 0.4) is 0 Å². The SMILES string of the molecule is CC(C)(O)c1cnnn1[C@H]1C[C@@H](C(=O)NC2(C(=O)C(N)=O)CCSCC2)N(C(=O)C(CC2CCCCC2)NC(=O)c2ccc(S(=O)(=O)C3CNCCO3)cc2)C1. The zero-order valence-corrected chi connectivity index (χ0v) is 33.4. The molecule has 6 N–H and O–H groups in total. The summed E-state index contributed by atoms with van der Waals surface area (Å²) in [7, 11) is -3.84. The number of nitrogens with one attached hydrogen (secondary N) is 3. The first-order chi connectivity index (χ1) is 26.6. The number of likely N-dealkylation sites (tertiary alicyclic amines) is 1. The Morgan fingerprint density at radius 2 is 1.80 bits per heavy atom. The minimum atomic E-state index is -3.84. The average Bonchev–Trinajstić information content (AvgIpc) is 3.87. The van der Waals surface area contributed by atoms with E-state index in [1.165, 1.54) is 40.0 Å². The van der Waals surface area contributed by atoms with E-state index in [0.29, 0.717) is 30.2 Å². The van der Waals surface area contributed by atoms with Gasteiger partial charge in [-0.2, -0.15) is 11.8 Å². The number of sulfone groups is 1. The molecule has 3 saturated heterocycles. The number of thioether (sulfide) groups is 1. The number of aromatic nitrogens is 3. The Balaban J connectivity index is 1.29. The van der Waals surface area contributed by atoms with Crippen LogP contribution in [0.2, 0.25) is 0 Å². The van der Waals surface area contributed by atoms with E-state index in [1.807, 2.05) is 0 Å². The normalized spacial score (nSPS) is 23.9. The Morgan fingerprint density at radius 1 is 1.11 bits per heavy atom. The van der Waals surface area contributed by atoms with Crippen LogP contribution in [0, 0.1) is 5.92 Å². The quantitative estimate of drug-likeness (QED) is 0.174. The molecule has 4 atom stereocenters. The molecule has 19 heteroatoms. The summed E-state index contributed by atoms with van der Waals surface area (Å²) in [6, 6.07) is 2.64. The zero-order chi connectivity index (χ0) is 40.3. The van der Waals surface area contributed by atoms with Gasteiger partial charge < -0.3 is 36.4 Å². The van der Waals surface area contributed by atoms with Crippen molar-refractivity contribution >= 4 is 51.0 Å². The number of ether oxygens (including phenoxy) is 1. The molecule has 6 rings (SSSR count). The molecule has 56 heavy (non-hydrogen) atoms. The first-order valence-corrected chi connectivity index (χ1v) is 22.0. The molecule has 3 aliphatic heterocycles. The number of hydrogen-bond donors (Lipinski definition) is 5. The lowest BCUT2D eigenvalue weighted by Crippen LogP contribution is -2.63. The maximum absolute atomic E-state index is 14.9. The summed E-state index contributed by atoms with van der Waals surface area (Å²) in [5.41, 5.74) is 2.02. The van der Waals surface area contributed by atoms with Gasteiger partial charge in [-0.3, -0.25) is 24.0 Å². The van der Waals surface area contributed by atoms with Gasteiger partial charge in [-0.05, 0) is 74.8 Å². The minimum absolute atomic E-state index is 0.00256. The van der Waals surface area contributed by atoms with Gasteiger partial charge in [0.1, 0.15) is 23.2 Å². The molecular weight excluding hydrogens is 765 g/mol. The van der Waals surface area contributed by atoms with Crippen LogP contribution < -0.4 is 21.7 Å². The van der Waals surface area contributed by atoms with Crippen molar-refractivity contribution in [3.05, 3.63) is 41.7 Å². The van der Waals surface area contributed by atoms with Crippen molar-refractivity contribution in [2.24, 2.45) is 11.7 Å². The van der Waals surface area contributed by atoms with Crippen molar-refractivity contribution < 1.29 is 42.2 Å². The number of nitrogens with zero attached hydrogens (tertiary/aromatic N) is 4. The van der Waals surface area contributed by atoms with Crippen LogP contribution in [-0.4, -0.2) is 124 Å². The Morgan fingerprint density at radius 3 is 2.43 bits per heavy atom. The number of carbonyl (C=O) groups is 5. The number of benzene rings is 1. The third kappa shape index (κ3) is 9.11. The van der Waals surface area contributed by atoms with E-state index in [9.17, 15) is 37.5 Å². The van der Waals surface area contributed by atoms with Crippen LogP contribution in [-0.2, 0) is 39.4 Å². The highest BCUT2D eigenvalue weighted by molar-refractivity contribution is 7.99. The molecule has 2 aromatic rings. The third-order valence-corrected chi connectivity index (χ3v) is 14.3. The fourth-order valence-corrected chi connectivity index (χ4v) is 10.8. The number of morpholine rings is 1. The molecule has 4 amide bonds. The molecule has 17 nitrogen and oxygen atoms in total. The van der Waals surface area contributed by atoms with E-state index in [1.54, 1.807) is 25.6 Å². The lowest BCUT2D eigenvalue weighted by Gasteiger charge is -2.37. The number of carbonyl (C=O) groups excluding carboxylic acids is 5. The molecule has 1 saturated carbocycles. The maximum atomic E-state index is 14.9. The largest absolute Gasteiger partial charge is 0.384 e. The highest BCUT2D eigenvalue weighted by atomic mass is 32.2. The summed E-state index contributed by atoms with van der Waals surface area (Å²) in [5.74, 6) is -2.68. The summed E-state index contributed by atoms with van der Waals surface area (Å²) >= 11 is 1.59. The zero-order valence-electron chi connectivity index (χ0n) is 31.8. The second-order valence-corrected chi connectivity index (χ2v) is 19.0. The molecule has 306 valence electrons. The second kappa shape index (κ2) is 17.3. The third-order valence-electron chi connectivity index (χ3n) is 11.4. The van der Waals surface area contributed by atoms with Crippen LogP contribution in [0.1, 0.15) is 93.7 Å². The number of amides is 4. The first kappa shape index (κ1) is 41.7. The van der Waals surface area contributed by atoms with Gasteiger partial charge in [0.05, 0.1) is 29.4 Å². The Bertz CT molecular complexity index is 1880. The van der Waals surface area contributed by atoms with Crippen LogP contribution in [0.4, 0.5) is 0 Å². The lowest BCUT2D eigenvalue weighted by atomic mass is 9.84. The van der Waals surface area contributed by atoms with Crippen molar-refractivity contribution in [1.29, 1.82) is 0 Å². The van der Waals surface area contributed by atoms with E-state index >= 15 is 0 Å². The predicted octanol–water partition coefficient (Wildman–Crippen LogP) is 0.573. The highest BCUT2D eigenvalue weighted by Crippen LogP contribution is 2.35. The topological polar surface area (TPSA) is 245 Å². The molecule has 1 aromatic heterocycles. The summed E-state index contributed by atoms with van der Waals surface area (Å²) < 4.78 is 33.3. The first-order valence-electron chi connectivity index (χ1n) is 19.3. The van der Waals surface area contributed by atoms with Gasteiger partial charge in [-0.15, -0.1) is 5.10 Å². The van der Waals surface area contributed by atoms with Gasteiger partial charge in [0.15, 0.2) is 5.44 Å². The number of primary amides is 1.